The Kier molecular flexibility index (Phi) is 8.94. The van der Waals surface area contributed by atoms with Crippen molar-refractivity contribution in [1.29, 1.82) is 0 Å². The molecule has 0 aliphatic rings. The van der Waals surface area contributed by atoms with Gasteiger partial charge in [0, 0.05) is 40.2 Å². The molecule has 2 aromatic heterocycles. The van der Waals surface area contributed by atoms with E-state index < -0.39 is 0 Å². The summed E-state index contributed by atoms with van der Waals surface area (Å²) in [4.78, 5) is 12.2. The van der Waals surface area contributed by atoms with Gasteiger partial charge in [0.05, 0.1) is 11.4 Å². The van der Waals surface area contributed by atoms with Crippen LogP contribution in [0.5, 0.6) is 5.75 Å². The molecule has 0 amide bonds. The van der Waals surface area contributed by atoms with Crippen LogP contribution in [0.25, 0.3) is 22.5 Å². The maximum absolute atomic E-state index is 11.6. The minimum atomic E-state index is -0.225. The molecule has 242 valence electrons. The number of pyridine rings is 2. The first-order chi connectivity index (χ1) is 22.9. The highest BCUT2D eigenvalue weighted by molar-refractivity contribution is 5.79. The minimum Gasteiger partial charge on any atom is -0.507 e. The van der Waals surface area contributed by atoms with E-state index in [9.17, 15) is 5.11 Å². The van der Waals surface area contributed by atoms with Gasteiger partial charge in [-0.05, 0) is 82.1 Å². The molecule has 2 heterocycles. The van der Waals surface area contributed by atoms with Crippen LogP contribution in [0.2, 0.25) is 0 Å². The molecule has 4 aromatic carbocycles. The Labute approximate surface area is 285 Å². The van der Waals surface area contributed by atoms with Crippen molar-refractivity contribution >= 4 is 17.2 Å². The summed E-state index contributed by atoms with van der Waals surface area (Å²) < 4.78 is 0. The number of phenols is 1. The summed E-state index contributed by atoms with van der Waals surface area (Å²) >= 11 is 0. The van der Waals surface area contributed by atoms with E-state index in [-0.39, 0.29) is 16.7 Å². The number of hydrogen-bond donors (Lipinski definition) is 1. The van der Waals surface area contributed by atoms with Gasteiger partial charge in [0.1, 0.15) is 11.6 Å². The highest BCUT2D eigenvalue weighted by atomic mass is 16.3. The van der Waals surface area contributed by atoms with Crippen LogP contribution in [-0.4, -0.2) is 15.1 Å². The summed E-state index contributed by atoms with van der Waals surface area (Å²) in [6.07, 6.45) is 1.90. The predicted octanol–water partition coefficient (Wildman–Crippen LogP) is 11.7. The van der Waals surface area contributed by atoms with Crippen molar-refractivity contribution < 1.29 is 5.11 Å². The van der Waals surface area contributed by atoms with E-state index in [0.29, 0.717) is 5.75 Å². The molecule has 4 nitrogen and oxygen atoms in total. The van der Waals surface area contributed by atoms with Gasteiger partial charge in [-0.1, -0.05) is 121 Å². The van der Waals surface area contributed by atoms with E-state index in [4.69, 9.17) is 9.97 Å². The summed E-state index contributed by atoms with van der Waals surface area (Å²) in [7, 11) is 0. The van der Waals surface area contributed by atoms with Gasteiger partial charge in [0.15, 0.2) is 0 Å². The lowest BCUT2D eigenvalue weighted by molar-refractivity contribution is 0.446. The van der Waals surface area contributed by atoms with E-state index in [2.05, 4.69) is 156 Å². The van der Waals surface area contributed by atoms with Crippen molar-refractivity contribution in [2.24, 2.45) is 0 Å². The van der Waals surface area contributed by atoms with E-state index >= 15 is 0 Å². The van der Waals surface area contributed by atoms with Crippen molar-refractivity contribution in [2.45, 2.75) is 65.2 Å². The van der Waals surface area contributed by atoms with Crippen molar-refractivity contribution in [2.75, 3.05) is 4.90 Å². The van der Waals surface area contributed by atoms with Gasteiger partial charge in [-0.15, -0.1) is 0 Å². The summed E-state index contributed by atoms with van der Waals surface area (Å²) in [5.74, 6) is 1.36. The molecular formula is C44H45N3O. The molecule has 1 N–H and O–H groups in total. The Morgan fingerprint density at radius 1 is 0.604 bits per heavy atom. The van der Waals surface area contributed by atoms with Crippen molar-refractivity contribution in [1.82, 2.24) is 9.97 Å². The number of phenolic OH excluding ortho intramolecular Hbond substituents is 1. The number of benzene rings is 4. The van der Waals surface area contributed by atoms with Gasteiger partial charge in [-0.25, -0.2) is 9.97 Å². The van der Waals surface area contributed by atoms with Crippen LogP contribution in [0, 0.1) is 0 Å². The Morgan fingerprint density at radius 2 is 1.25 bits per heavy atom. The molecule has 0 aliphatic carbocycles. The van der Waals surface area contributed by atoms with Crippen molar-refractivity contribution in [3.8, 4) is 28.3 Å². The van der Waals surface area contributed by atoms with Gasteiger partial charge < -0.3 is 5.11 Å². The third kappa shape index (κ3) is 6.89. The third-order valence-corrected chi connectivity index (χ3v) is 9.02. The lowest BCUT2D eigenvalue weighted by Gasteiger charge is -2.27. The van der Waals surface area contributed by atoms with Crippen LogP contribution in [-0.2, 0) is 10.8 Å². The number of para-hydroxylation sites is 1. The second-order valence-electron chi connectivity index (χ2n) is 14.6. The molecular weight excluding hydrogens is 587 g/mol. The first-order valence-electron chi connectivity index (χ1n) is 16.7. The number of aromatic hydroxyl groups is 1. The Bertz CT molecular complexity index is 2020. The fourth-order valence-electron chi connectivity index (χ4n) is 6.13. The standard InChI is InChI=1S/C44H45N3O/c1-30(31-16-10-8-11-17-31)32-24-25-45-41(27-32)47(35-19-12-9-13-20-35)36-21-14-18-33(26-36)39-22-15-23-40(46-39)37-28-34(43(2,3)4)29-38(42(37)48)44(5,6)7/h8-30,48H,1-7H3. The molecule has 48 heavy (non-hydrogen) atoms. The summed E-state index contributed by atoms with van der Waals surface area (Å²) in [6.45, 7) is 15.3. The molecule has 0 spiro atoms. The van der Waals surface area contributed by atoms with Gasteiger partial charge in [0.25, 0.3) is 0 Å². The predicted molar refractivity (Wildman–Crippen MR) is 201 cm³/mol. The zero-order valence-corrected chi connectivity index (χ0v) is 29.1. The van der Waals surface area contributed by atoms with Gasteiger partial charge in [-0.2, -0.15) is 0 Å². The summed E-state index contributed by atoms with van der Waals surface area (Å²) in [5.41, 5.74) is 9.57. The van der Waals surface area contributed by atoms with Crippen LogP contribution >= 0.6 is 0 Å². The van der Waals surface area contributed by atoms with E-state index in [1.165, 1.54) is 16.7 Å². The van der Waals surface area contributed by atoms with E-state index in [1.54, 1.807) is 0 Å². The van der Waals surface area contributed by atoms with Gasteiger partial charge >= 0.3 is 0 Å². The van der Waals surface area contributed by atoms with Crippen LogP contribution in [0.15, 0.2) is 134 Å². The van der Waals surface area contributed by atoms with Gasteiger partial charge in [0.2, 0.25) is 0 Å². The average Bonchev–Trinajstić information content (AvgIpc) is 3.08. The normalized spacial score (nSPS) is 12.5. The molecule has 6 aromatic rings. The maximum atomic E-state index is 11.6. The van der Waals surface area contributed by atoms with E-state index in [0.717, 1.165) is 45.3 Å². The van der Waals surface area contributed by atoms with Crippen LogP contribution in [0.3, 0.4) is 0 Å². The second kappa shape index (κ2) is 13.1. The topological polar surface area (TPSA) is 49.2 Å². The maximum Gasteiger partial charge on any atom is 0.137 e. The van der Waals surface area contributed by atoms with Crippen molar-refractivity contribution in [3.63, 3.8) is 0 Å². The molecule has 0 fully saturated rings. The number of anilines is 3. The smallest absolute Gasteiger partial charge is 0.137 e. The number of aromatic nitrogens is 2. The molecule has 0 saturated carbocycles. The fourth-order valence-corrected chi connectivity index (χ4v) is 6.13. The largest absolute Gasteiger partial charge is 0.507 e. The fraction of sp³-hybridized carbons (Fsp3) is 0.227. The minimum absolute atomic E-state index is 0.0838. The average molecular weight is 632 g/mol. The zero-order valence-electron chi connectivity index (χ0n) is 29.1. The highest BCUT2D eigenvalue weighted by Crippen LogP contribution is 2.42. The van der Waals surface area contributed by atoms with Crippen molar-refractivity contribution in [3.05, 3.63) is 156 Å². The number of nitrogens with zero attached hydrogens (tertiary/aromatic N) is 3. The van der Waals surface area contributed by atoms with Gasteiger partial charge in [-0.3, -0.25) is 4.90 Å². The van der Waals surface area contributed by atoms with E-state index in [1.807, 2.05) is 30.5 Å². The molecule has 1 atom stereocenters. The number of hydrogen-bond acceptors (Lipinski definition) is 4. The molecule has 0 saturated heterocycles. The number of rotatable bonds is 7. The zero-order chi connectivity index (χ0) is 34.1. The first kappa shape index (κ1) is 32.7. The second-order valence-corrected chi connectivity index (χ2v) is 14.6. The summed E-state index contributed by atoms with van der Waals surface area (Å²) in [5, 5.41) is 11.6. The van der Waals surface area contributed by atoms with Crippen LogP contribution in [0.4, 0.5) is 17.2 Å². The van der Waals surface area contributed by atoms with Crippen LogP contribution in [0.1, 0.15) is 76.6 Å². The SMILES string of the molecule is CC(c1ccccc1)c1ccnc(N(c2ccccc2)c2cccc(-c3cccc(-c4cc(C(C)(C)C)cc(C(C)(C)C)c4O)n3)c2)c1. The molecule has 6 rings (SSSR count). The highest BCUT2D eigenvalue weighted by Gasteiger charge is 2.26. The molecule has 0 aliphatic heterocycles. The molecule has 0 bridgehead atoms. The third-order valence-electron chi connectivity index (χ3n) is 9.02. The molecule has 1 unspecified atom stereocenters. The van der Waals surface area contributed by atoms with Crippen LogP contribution < -0.4 is 4.90 Å². The molecule has 4 heteroatoms. The lowest BCUT2D eigenvalue weighted by Crippen LogP contribution is -2.17. The monoisotopic (exact) mass is 631 g/mol. The Hall–Kier alpha value is -5.22. The molecule has 0 radical (unpaired) electrons. The Morgan fingerprint density at radius 3 is 1.94 bits per heavy atom. The Balaban J connectivity index is 1.43. The first-order valence-corrected chi connectivity index (χ1v) is 16.7. The lowest BCUT2D eigenvalue weighted by atomic mass is 9.78. The summed E-state index contributed by atoms with van der Waals surface area (Å²) in [6, 6.07) is 44.0. The quantitative estimate of drug-likeness (QED) is 0.190.